The van der Waals surface area contributed by atoms with Crippen molar-refractivity contribution in [3.8, 4) is 0 Å². The largest absolute Gasteiger partial charge is 0.344 e. The normalized spacial score (nSPS) is 16.4. The summed E-state index contributed by atoms with van der Waals surface area (Å²) >= 11 is 0. The summed E-state index contributed by atoms with van der Waals surface area (Å²) in [4.78, 5) is 32.1. The minimum absolute atomic E-state index is 0.113. The molecule has 0 bridgehead atoms. The highest BCUT2D eigenvalue weighted by molar-refractivity contribution is 6.05. The Morgan fingerprint density at radius 2 is 1.91 bits per heavy atom. The van der Waals surface area contributed by atoms with Gasteiger partial charge >= 0.3 is 0 Å². The highest BCUT2D eigenvalue weighted by Crippen LogP contribution is 2.34. The van der Waals surface area contributed by atoms with E-state index in [1.54, 1.807) is 11.0 Å². The zero-order valence-corrected chi connectivity index (χ0v) is 17.8. The van der Waals surface area contributed by atoms with E-state index in [0.29, 0.717) is 29.5 Å². The number of aromatic nitrogens is 3. The number of benzene rings is 1. The lowest BCUT2D eigenvalue weighted by atomic mass is 10.0. The van der Waals surface area contributed by atoms with E-state index in [9.17, 15) is 14.0 Å². The Morgan fingerprint density at radius 3 is 2.66 bits per heavy atom. The topological polar surface area (TPSA) is 80.1 Å². The van der Waals surface area contributed by atoms with Crippen molar-refractivity contribution in [2.45, 2.75) is 44.7 Å². The van der Waals surface area contributed by atoms with Gasteiger partial charge in [-0.25, -0.2) is 4.39 Å². The molecule has 3 aromatic rings. The zero-order chi connectivity index (χ0) is 22.2. The Bertz CT molecular complexity index is 1170. The molecule has 2 amide bonds. The minimum Gasteiger partial charge on any atom is -0.344 e. The lowest BCUT2D eigenvalue weighted by molar-refractivity contribution is 0.0938. The van der Waals surface area contributed by atoms with Gasteiger partial charge in [-0.3, -0.25) is 19.3 Å². The van der Waals surface area contributed by atoms with E-state index < -0.39 is 0 Å². The number of aryl methyl sites for hydroxylation is 1. The fourth-order valence-electron chi connectivity index (χ4n) is 4.01. The van der Waals surface area contributed by atoms with E-state index in [0.717, 1.165) is 37.1 Å². The number of nitrogens with zero attached hydrogens (tertiary/aromatic N) is 4. The predicted molar refractivity (Wildman–Crippen MR) is 117 cm³/mol. The molecule has 3 heterocycles. The minimum atomic E-state index is -0.385. The molecule has 1 aliphatic carbocycles. The van der Waals surface area contributed by atoms with Crippen LogP contribution in [-0.4, -0.2) is 33.1 Å². The first-order valence-electron chi connectivity index (χ1n) is 10.9. The summed E-state index contributed by atoms with van der Waals surface area (Å²) in [5.41, 5.74) is 3.19. The molecule has 0 saturated heterocycles. The summed E-state index contributed by atoms with van der Waals surface area (Å²) in [5.74, 6) is -0.790. The Kier molecular flexibility index (Phi) is 5.20. The van der Waals surface area contributed by atoms with Crippen molar-refractivity contribution in [3.63, 3.8) is 0 Å². The number of hydrogen-bond donors (Lipinski definition) is 1. The Labute approximate surface area is 185 Å². The predicted octanol–water partition coefficient (Wildman–Crippen LogP) is 3.84. The van der Waals surface area contributed by atoms with E-state index >= 15 is 0 Å². The molecule has 1 saturated carbocycles. The lowest BCUT2D eigenvalue weighted by Gasteiger charge is -2.29. The van der Waals surface area contributed by atoms with Gasteiger partial charge in [0.15, 0.2) is 5.69 Å². The van der Waals surface area contributed by atoms with E-state index in [1.807, 2.05) is 29.9 Å². The van der Waals surface area contributed by atoms with Crippen LogP contribution in [0.2, 0.25) is 0 Å². The molecule has 1 aromatic carbocycles. The number of hydrogen-bond acceptors (Lipinski definition) is 4. The van der Waals surface area contributed by atoms with Crippen LogP contribution in [0.15, 0.2) is 48.7 Å². The molecule has 1 N–H and O–H groups in total. The molecule has 1 aliphatic heterocycles. The number of carbonyl (C=O) groups excluding carboxylic acids is 2. The van der Waals surface area contributed by atoms with Gasteiger partial charge in [0.05, 0.1) is 29.2 Å². The molecule has 32 heavy (non-hydrogen) atoms. The van der Waals surface area contributed by atoms with Crippen molar-refractivity contribution < 1.29 is 14.0 Å². The average Bonchev–Trinajstić information content (AvgIpc) is 3.54. The summed E-state index contributed by atoms with van der Waals surface area (Å²) in [6.45, 7) is 2.48. The molecule has 164 valence electrons. The van der Waals surface area contributed by atoms with Crippen molar-refractivity contribution >= 4 is 17.5 Å². The van der Waals surface area contributed by atoms with Crippen molar-refractivity contribution in [1.29, 1.82) is 0 Å². The SMILES string of the molecule is C[C@H](NC(=O)c1ccc(F)cc1)c1ccc2c(n1)CCCN2C(=O)c1ccn(C2CC2)n1. The van der Waals surface area contributed by atoms with Gasteiger partial charge in [-0.05, 0) is 75.1 Å². The third kappa shape index (κ3) is 4.00. The quantitative estimate of drug-likeness (QED) is 0.663. The van der Waals surface area contributed by atoms with E-state index in [1.165, 1.54) is 24.3 Å². The molecule has 2 aliphatic rings. The van der Waals surface area contributed by atoms with Crippen LogP contribution in [-0.2, 0) is 6.42 Å². The summed E-state index contributed by atoms with van der Waals surface area (Å²) in [5, 5.41) is 7.37. The van der Waals surface area contributed by atoms with Crippen LogP contribution in [0.4, 0.5) is 10.1 Å². The van der Waals surface area contributed by atoms with Crippen molar-refractivity contribution in [2.75, 3.05) is 11.4 Å². The molecule has 0 radical (unpaired) electrons. The first-order valence-corrected chi connectivity index (χ1v) is 10.9. The second kappa shape index (κ2) is 8.18. The zero-order valence-electron chi connectivity index (χ0n) is 17.8. The van der Waals surface area contributed by atoms with Crippen LogP contribution in [0.3, 0.4) is 0 Å². The molecule has 0 unspecified atom stereocenters. The number of pyridine rings is 1. The average molecular weight is 433 g/mol. The van der Waals surface area contributed by atoms with Gasteiger partial charge < -0.3 is 10.2 Å². The van der Waals surface area contributed by atoms with Crippen LogP contribution >= 0.6 is 0 Å². The molecule has 2 aromatic heterocycles. The van der Waals surface area contributed by atoms with Crippen molar-refractivity contribution in [1.82, 2.24) is 20.1 Å². The van der Waals surface area contributed by atoms with Crippen molar-refractivity contribution in [3.05, 3.63) is 77.1 Å². The van der Waals surface area contributed by atoms with Crippen LogP contribution in [0.1, 0.15) is 70.5 Å². The van der Waals surface area contributed by atoms with Crippen molar-refractivity contribution in [2.24, 2.45) is 0 Å². The number of fused-ring (bicyclic) bond motifs is 1. The molecule has 1 fully saturated rings. The summed E-state index contributed by atoms with van der Waals surface area (Å²) in [7, 11) is 0. The third-order valence-corrected chi connectivity index (χ3v) is 5.95. The van der Waals surface area contributed by atoms with Crippen LogP contribution < -0.4 is 10.2 Å². The number of amides is 2. The lowest BCUT2D eigenvalue weighted by Crippen LogP contribution is -2.36. The second-order valence-electron chi connectivity index (χ2n) is 8.38. The third-order valence-electron chi connectivity index (χ3n) is 5.95. The van der Waals surface area contributed by atoms with Gasteiger partial charge in [-0.2, -0.15) is 5.10 Å². The van der Waals surface area contributed by atoms with Crippen LogP contribution in [0, 0.1) is 5.82 Å². The first kappa shape index (κ1) is 20.4. The Morgan fingerprint density at radius 1 is 1.12 bits per heavy atom. The molecular formula is C24H24FN5O2. The molecule has 7 nitrogen and oxygen atoms in total. The molecule has 0 spiro atoms. The van der Waals surface area contributed by atoms with Crippen LogP contribution in [0.5, 0.6) is 0 Å². The number of nitrogens with one attached hydrogen (secondary N) is 1. The van der Waals surface area contributed by atoms with Gasteiger partial charge in [0.25, 0.3) is 11.8 Å². The summed E-state index contributed by atoms with van der Waals surface area (Å²) in [6, 6.07) is 11.0. The fraction of sp³-hybridized carbons (Fsp3) is 0.333. The van der Waals surface area contributed by atoms with Gasteiger partial charge in [0.2, 0.25) is 0 Å². The maximum atomic E-state index is 13.1. The fourth-order valence-corrected chi connectivity index (χ4v) is 4.01. The number of anilines is 1. The number of carbonyl (C=O) groups is 2. The van der Waals surface area contributed by atoms with E-state index in [-0.39, 0.29) is 23.7 Å². The summed E-state index contributed by atoms with van der Waals surface area (Å²) in [6.07, 6.45) is 5.69. The van der Waals surface area contributed by atoms with Crippen LogP contribution in [0.25, 0.3) is 0 Å². The first-order chi connectivity index (χ1) is 15.5. The van der Waals surface area contributed by atoms with E-state index in [4.69, 9.17) is 4.98 Å². The Hall–Kier alpha value is -3.55. The highest BCUT2D eigenvalue weighted by atomic mass is 19.1. The monoisotopic (exact) mass is 433 g/mol. The standard InChI is InChI=1S/C24H24FN5O2/c1-15(26-23(31)16-4-6-17(25)7-5-16)19-10-11-22-20(27-19)3-2-13-29(22)24(32)21-12-14-30(28-21)18-8-9-18/h4-7,10-12,14-15,18H,2-3,8-9,13H2,1H3,(H,26,31)/t15-/m0/s1. The molecule has 5 rings (SSSR count). The number of rotatable bonds is 5. The maximum absolute atomic E-state index is 13.1. The van der Waals surface area contributed by atoms with Gasteiger partial charge in [0, 0.05) is 18.3 Å². The van der Waals surface area contributed by atoms with Gasteiger partial charge in [0.1, 0.15) is 5.82 Å². The molecule has 1 atom stereocenters. The van der Waals surface area contributed by atoms with E-state index in [2.05, 4.69) is 10.4 Å². The molecule has 8 heteroatoms. The van der Waals surface area contributed by atoms with Gasteiger partial charge in [-0.1, -0.05) is 0 Å². The Balaban J connectivity index is 1.32. The maximum Gasteiger partial charge on any atom is 0.278 e. The highest BCUT2D eigenvalue weighted by Gasteiger charge is 2.29. The van der Waals surface area contributed by atoms with Gasteiger partial charge in [-0.15, -0.1) is 0 Å². The smallest absolute Gasteiger partial charge is 0.278 e. The number of halogens is 1. The second-order valence-corrected chi connectivity index (χ2v) is 8.38. The molecular weight excluding hydrogens is 409 g/mol. The summed E-state index contributed by atoms with van der Waals surface area (Å²) < 4.78 is 15.0.